The van der Waals surface area contributed by atoms with Crippen molar-refractivity contribution in [3.05, 3.63) is 64.7 Å². The summed E-state index contributed by atoms with van der Waals surface area (Å²) < 4.78 is 44.0. The van der Waals surface area contributed by atoms with Gasteiger partial charge in [-0.25, -0.2) is 4.39 Å². The summed E-state index contributed by atoms with van der Waals surface area (Å²) in [4.78, 5) is 0. The zero-order valence-electron chi connectivity index (χ0n) is 13.7. The Labute approximate surface area is 140 Å². The van der Waals surface area contributed by atoms with Gasteiger partial charge in [-0.15, -0.1) is 0 Å². The van der Waals surface area contributed by atoms with Crippen molar-refractivity contribution in [1.29, 1.82) is 0 Å². The molecule has 0 N–H and O–H groups in total. The van der Waals surface area contributed by atoms with Gasteiger partial charge in [0.15, 0.2) is 17.9 Å². The first-order valence-corrected chi connectivity index (χ1v) is 7.98. The lowest BCUT2D eigenvalue weighted by atomic mass is 9.98. The van der Waals surface area contributed by atoms with Gasteiger partial charge in [-0.2, -0.15) is 4.39 Å². The van der Waals surface area contributed by atoms with Crippen molar-refractivity contribution >= 4 is 0 Å². The fourth-order valence-electron chi connectivity index (χ4n) is 2.79. The van der Waals surface area contributed by atoms with Crippen molar-refractivity contribution in [3.8, 4) is 5.75 Å². The van der Waals surface area contributed by atoms with Crippen molar-refractivity contribution in [2.24, 2.45) is 0 Å². The molecule has 1 saturated heterocycles. The first-order chi connectivity index (χ1) is 11.6. The summed E-state index contributed by atoms with van der Waals surface area (Å²) in [5, 5.41) is 0. The van der Waals surface area contributed by atoms with Crippen molar-refractivity contribution in [3.63, 3.8) is 0 Å². The quantitative estimate of drug-likeness (QED) is 0.831. The summed E-state index contributed by atoms with van der Waals surface area (Å²) in [6.07, 6.45) is 0.0825. The molecule has 2 aromatic carbocycles. The Morgan fingerprint density at radius 1 is 1.00 bits per heavy atom. The van der Waals surface area contributed by atoms with Gasteiger partial charge in [0, 0.05) is 11.5 Å². The molecule has 0 amide bonds. The number of hydrogen-bond donors (Lipinski definition) is 0. The molecule has 0 aromatic heterocycles. The number of benzene rings is 2. The van der Waals surface area contributed by atoms with Gasteiger partial charge in [-0.3, -0.25) is 0 Å². The molecule has 2 aromatic rings. The van der Waals surface area contributed by atoms with Crippen LogP contribution >= 0.6 is 0 Å². The molecule has 3 rings (SSSR count). The van der Waals surface area contributed by atoms with E-state index in [0.717, 1.165) is 12.0 Å². The van der Waals surface area contributed by atoms with Crippen LogP contribution in [-0.4, -0.2) is 20.3 Å². The van der Waals surface area contributed by atoms with Crippen LogP contribution in [0.2, 0.25) is 0 Å². The number of halogens is 2. The molecule has 5 heteroatoms. The third kappa shape index (κ3) is 3.28. The van der Waals surface area contributed by atoms with Crippen LogP contribution in [0.1, 0.15) is 35.8 Å². The molecular weight excluding hydrogens is 314 g/mol. The number of ether oxygens (including phenoxy) is 3. The number of methoxy groups -OCH3 is 1. The minimum atomic E-state index is -1.03. The van der Waals surface area contributed by atoms with E-state index < -0.39 is 17.9 Å². The normalized spacial score (nSPS) is 20.8. The van der Waals surface area contributed by atoms with Gasteiger partial charge in [0.2, 0.25) is 5.82 Å². The maximum atomic E-state index is 14.1. The van der Waals surface area contributed by atoms with E-state index in [1.54, 1.807) is 0 Å². The molecule has 0 spiro atoms. The second kappa shape index (κ2) is 7.28. The standard InChI is InChI=1S/C19H20F2O3/c1-3-12-4-6-13(7-5-12)14-10-23-19(24-11-14)15-8-9-16(22-2)18(21)17(15)20/h4-9,14,19H,3,10-11H2,1-2H3. The minimum Gasteiger partial charge on any atom is -0.494 e. The smallest absolute Gasteiger partial charge is 0.201 e. The predicted octanol–water partition coefficient (Wildman–Crippen LogP) is 4.37. The summed E-state index contributed by atoms with van der Waals surface area (Å²) in [6, 6.07) is 11.1. The van der Waals surface area contributed by atoms with Crippen molar-refractivity contribution in [2.75, 3.05) is 20.3 Å². The van der Waals surface area contributed by atoms with Crippen molar-refractivity contribution < 1.29 is 23.0 Å². The Bertz CT molecular complexity index is 693. The molecule has 3 nitrogen and oxygen atoms in total. The average Bonchev–Trinajstić information content (AvgIpc) is 2.64. The van der Waals surface area contributed by atoms with Crippen molar-refractivity contribution in [2.45, 2.75) is 25.6 Å². The summed E-state index contributed by atoms with van der Waals surface area (Å²) in [5.41, 5.74) is 2.44. The zero-order valence-corrected chi connectivity index (χ0v) is 13.7. The van der Waals surface area contributed by atoms with Crippen molar-refractivity contribution in [1.82, 2.24) is 0 Å². The second-order valence-electron chi connectivity index (χ2n) is 5.78. The Morgan fingerprint density at radius 3 is 2.25 bits per heavy atom. The predicted molar refractivity (Wildman–Crippen MR) is 86.1 cm³/mol. The largest absolute Gasteiger partial charge is 0.494 e. The van der Waals surface area contributed by atoms with Crippen LogP contribution in [-0.2, 0) is 15.9 Å². The highest BCUT2D eigenvalue weighted by molar-refractivity contribution is 5.32. The van der Waals surface area contributed by atoms with Gasteiger partial charge in [0.05, 0.1) is 20.3 Å². The Balaban J connectivity index is 1.69. The van der Waals surface area contributed by atoms with E-state index in [4.69, 9.17) is 14.2 Å². The molecule has 1 heterocycles. The maximum absolute atomic E-state index is 14.1. The molecule has 1 aliphatic rings. The lowest BCUT2D eigenvalue weighted by Gasteiger charge is -2.30. The highest BCUT2D eigenvalue weighted by Crippen LogP contribution is 2.33. The molecule has 0 bridgehead atoms. The summed E-state index contributed by atoms with van der Waals surface area (Å²) in [7, 11) is 1.29. The minimum absolute atomic E-state index is 0.0491. The summed E-state index contributed by atoms with van der Waals surface area (Å²) in [6.45, 7) is 2.89. The van der Waals surface area contributed by atoms with Gasteiger partial charge in [-0.1, -0.05) is 31.2 Å². The first kappa shape index (κ1) is 16.9. The molecular formula is C19H20F2O3. The third-order valence-electron chi connectivity index (χ3n) is 4.31. The number of aryl methyl sites for hydroxylation is 1. The highest BCUT2D eigenvalue weighted by Gasteiger charge is 2.28. The fraction of sp³-hybridized carbons (Fsp3) is 0.368. The van der Waals surface area contributed by atoms with E-state index in [-0.39, 0.29) is 17.2 Å². The molecule has 0 radical (unpaired) electrons. The van der Waals surface area contributed by atoms with Gasteiger partial charge >= 0.3 is 0 Å². The van der Waals surface area contributed by atoms with Crippen LogP contribution in [0, 0.1) is 11.6 Å². The monoisotopic (exact) mass is 334 g/mol. The second-order valence-corrected chi connectivity index (χ2v) is 5.78. The van der Waals surface area contributed by atoms with Gasteiger partial charge in [0.1, 0.15) is 0 Å². The van der Waals surface area contributed by atoms with Crippen LogP contribution in [0.15, 0.2) is 36.4 Å². The summed E-state index contributed by atoms with van der Waals surface area (Å²) in [5.74, 6) is -2.08. The Morgan fingerprint density at radius 2 is 1.67 bits per heavy atom. The molecule has 0 aliphatic carbocycles. The topological polar surface area (TPSA) is 27.7 Å². The van der Waals surface area contributed by atoms with Crippen LogP contribution in [0.5, 0.6) is 5.75 Å². The van der Waals surface area contributed by atoms with Crippen LogP contribution in [0.4, 0.5) is 8.78 Å². The van der Waals surface area contributed by atoms with Crippen LogP contribution in [0.25, 0.3) is 0 Å². The molecule has 0 atom stereocenters. The molecule has 1 fully saturated rings. The van der Waals surface area contributed by atoms with E-state index >= 15 is 0 Å². The molecule has 24 heavy (non-hydrogen) atoms. The molecule has 128 valence electrons. The lowest BCUT2D eigenvalue weighted by molar-refractivity contribution is -0.193. The first-order valence-electron chi connectivity index (χ1n) is 7.98. The molecule has 1 aliphatic heterocycles. The van der Waals surface area contributed by atoms with E-state index in [1.165, 1.54) is 24.8 Å². The van der Waals surface area contributed by atoms with Crippen LogP contribution < -0.4 is 4.74 Å². The SMILES string of the molecule is CCc1ccc(C2COC(c3ccc(OC)c(F)c3F)OC2)cc1. The number of hydrogen-bond acceptors (Lipinski definition) is 3. The Hall–Kier alpha value is -1.98. The third-order valence-corrected chi connectivity index (χ3v) is 4.31. The van der Waals surface area contributed by atoms with Gasteiger partial charge in [0.25, 0.3) is 0 Å². The molecule has 0 saturated carbocycles. The average molecular weight is 334 g/mol. The van der Waals surface area contributed by atoms with E-state index in [2.05, 4.69) is 31.2 Å². The van der Waals surface area contributed by atoms with Gasteiger partial charge < -0.3 is 14.2 Å². The Kier molecular flexibility index (Phi) is 5.11. The van der Waals surface area contributed by atoms with E-state index in [9.17, 15) is 8.78 Å². The van der Waals surface area contributed by atoms with E-state index in [1.807, 2.05) is 0 Å². The van der Waals surface area contributed by atoms with Gasteiger partial charge in [-0.05, 0) is 29.7 Å². The lowest BCUT2D eigenvalue weighted by Crippen LogP contribution is -2.26. The van der Waals surface area contributed by atoms with Crippen LogP contribution in [0.3, 0.4) is 0 Å². The number of rotatable bonds is 4. The highest BCUT2D eigenvalue weighted by atomic mass is 19.2. The summed E-state index contributed by atoms with van der Waals surface area (Å²) >= 11 is 0. The fourth-order valence-corrected chi connectivity index (χ4v) is 2.79. The zero-order chi connectivity index (χ0) is 17.1. The maximum Gasteiger partial charge on any atom is 0.201 e. The van der Waals surface area contributed by atoms with E-state index in [0.29, 0.717) is 13.2 Å². The molecule has 0 unspecified atom stereocenters.